The minimum atomic E-state index is -7.66. The van der Waals surface area contributed by atoms with Crippen LogP contribution in [0.15, 0.2) is 36.1 Å². The fourth-order valence-corrected chi connectivity index (χ4v) is 6.79. The summed E-state index contributed by atoms with van der Waals surface area (Å²) in [4.78, 5) is 32.2. The molecule has 6 aliphatic heterocycles. The summed E-state index contributed by atoms with van der Waals surface area (Å²) in [5.41, 5.74) is -20.9. The van der Waals surface area contributed by atoms with Crippen molar-refractivity contribution >= 4 is 18.5 Å². The van der Waals surface area contributed by atoms with E-state index in [1.807, 2.05) is 0 Å². The first-order valence-electron chi connectivity index (χ1n) is 18.8. The first kappa shape index (κ1) is 85.0. The van der Waals surface area contributed by atoms with Crippen LogP contribution in [0.2, 0.25) is 0 Å². The van der Waals surface area contributed by atoms with E-state index in [0.29, 0.717) is 0 Å². The van der Waals surface area contributed by atoms with Crippen LogP contribution in [0.3, 0.4) is 0 Å². The summed E-state index contributed by atoms with van der Waals surface area (Å²) >= 11 is 0. The average molecular weight is 1490 g/mol. The maximum atomic E-state index is 14.2. The zero-order valence-corrected chi connectivity index (χ0v) is 45.8. The van der Waals surface area contributed by atoms with Gasteiger partial charge in [-0.1, -0.05) is 0 Å². The predicted octanol–water partition coefficient (Wildman–Crippen LogP) is 5.46. The van der Waals surface area contributed by atoms with Crippen LogP contribution in [-0.2, 0) is 76.1 Å². The Bertz CT molecular complexity index is 2540. The number of hydrogen-bond donors (Lipinski definition) is 0. The molecule has 0 saturated carbocycles. The van der Waals surface area contributed by atoms with Crippen LogP contribution in [0, 0.1) is 16.2 Å². The van der Waals surface area contributed by atoms with Crippen LogP contribution in [0.5, 0.6) is 0 Å². The molecule has 0 amide bonds. The van der Waals surface area contributed by atoms with Crippen molar-refractivity contribution in [3.63, 3.8) is 0 Å². The van der Waals surface area contributed by atoms with E-state index in [0.717, 1.165) is 0 Å². The molecule has 514 valence electrons. The molecule has 3 spiro atoms. The monoisotopic (exact) mass is 1490 g/mol. The van der Waals surface area contributed by atoms with Crippen molar-refractivity contribution in [2.45, 2.75) is 110 Å². The Balaban J connectivity index is 0.00000129. The molecular formula is C30H3F41K2O17. The summed E-state index contributed by atoms with van der Waals surface area (Å²) in [6, 6.07) is -9.01. The third kappa shape index (κ3) is 12.6. The number of ether oxygens (including phenoxy) is 12. The molecule has 0 N–H and O–H groups in total. The van der Waals surface area contributed by atoms with Gasteiger partial charge in [0.2, 0.25) is 0 Å². The molecule has 6 saturated heterocycles. The molecule has 17 nitrogen and oxygen atoms in total. The molecule has 6 aliphatic rings. The third-order valence-corrected chi connectivity index (χ3v) is 10.2. The molecule has 90 heavy (non-hydrogen) atoms. The standard InChI is InChI=1S/C11F16O6.C9HF13O4.C9F12O4.CH2O3.2K.H/c12-1(28)3(6(14,15)16)30-8(20,21)5(9(22,23)31-3)10(24,25)32-4(2(13)29,7(17,18)19)33-11(5,26)27;10-1(11)2-23-6(15,16)5(7(17,18)24-2)8(19,20)25-3(4(12,13)14)26-9(5,21)22;10-1(11)3-22-6(14,15)5(7(16,17)23-3)8(18,19)24-4(2(12)13)25-9(5,20)21;2-1-4-3;;;/h;3H;;1,3H;;;/q;;;;2*+1;-1/p-1. The van der Waals surface area contributed by atoms with Gasteiger partial charge in [0.1, 0.15) is 0 Å². The van der Waals surface area contributed by atoms with E-state index in [9.17, 15) is 190 Å². The Labute approximate surface area is 542 Å². The van der Waals surface area contributed by atoms with Crippen LogP contribution in [0.1, 0.15) is 1.43 Å². The number of hydrogen-bond acceptors (Lipinski definition) is 17. The Morgan fingerprint density at radius 1 is 0.367 bits per heavy atom. The van der Waals surface area contributed by atoms with Gasteiger partial charge in [0, 0.05) is 0 Å². The smallest absolute Gasteiger partial charge is 1.00 e. The van der Waals surface area contributed by atoms with Crippen molar-refractivity contribution in [2.24, 2.45) is 16.2 Å². The Hall–Kier alpha value is -3.05. The molecule has 0 radical (unpaired) electrons. The number of rotatable bonds is 3. The zero-order chi connectivity index (χ0) is 70.1. The van der Waals surface area contributed by atoms with Crippen LogP contribution in [0.25, 0.3) is 0 Å². The van der Waals surface area contributed by atoms with Crippen molar-refractivity contribution in [2.75, 3.05) is 0 Å². The Kier molecular flexibility index (Phi) is 23.5. The fourth-order valence-electron chi connectivity index (χ4n) is 6.79. The summed E-state index contributed by atoms with van der Waals surface area (Å²) in [6.07, 6.45) is -120. The van der Waals surface area contributed by atoms with Crippen molar-refractivity contribution < 1.29 is 366 Å². The average Bonchev–Trinajstić information content (AvgIpc) is 0.672. The minimum absolute atomic E-state index is 0. The van der Waals surface area contributed by atoms with Crippen molar-refractivity contribution in [1.82, 2.24) is 0 Å². The third-order valence-electron chi connectivity index (χ3n) is 10.2. The SMILES string of the molecule is FC(F)=C1OC(F)(F)C2(C(F)(F)O1)C(F)(F)OC(=C(F)F)OC2(F)F.FC(F)=C1OC(F)(F)C2(C(F)(F)O1)C(F)(F)OC(C(F)(F)F)OC2(F)F.O=C(F)C1(C(F)(F)F)OC(F)(F)C2(C(F)(F)O1)C(F)(F)OC(C(=O)F)(C(F)(F)F)OC2(F)F.O=CO[O-].[H-].[K+].[K+]. The second-order valence-corrected chi connectivity index (χ2v) is 15.2. The zero-order valence-electron chi connectivity index (χ0n) is 40.6. The molecule has 0 atom stereocenters. The molecule has 60 heteroatoms. The summed E-state index contributed by atoms with van der Waals surface area (Å²) in [7, 11) is 0. The first-order chi connectivity index (χ1) is 38.5. The molecular weight excluding hydrogens is 1490 g/mol. The second-order valence-electron chi connectivity index (χ2n) is 15.2. The summed E-state index contributed by atoms with van der Waals surface area (Å²) in [5.74, 6) is -22.4. The second kappa shape index (κ2) is 24.9. The van der Waals surface area contributed by atoms with Gasteiger partial charge in [0.25, 0.3) is 12.8 Å². The van der Waals surface area contributed by atoms with E-state index < -0.39 is 174 Å². The van der Waals surface area contributed by atoms with E-state index in [1.165, 1.54) is 0 Å². The van der Waals surface area contributed by atoms with Gasteiger partial charge in [0.15, 0.2) is 0 Å². The number of carbonyl (C=O) groups excluding carboxylic acids is 3. The maximum absolute atomic E-state index is 14.2. The molecule has 0 aromatic carbocycles. The molecule has 0 aromatic rings. The molecule has 6 fully saturated rings. The maximum Gasteiger partial charge on any atom is 1.00 e. The Morgan fingerprint density at radius 3 is 0.667 bits per heavy atom. The van der Waals surface area contributed by atoms with Gasteiger partial charge in [-0.15, -0.1) is 0 Å². The van der Waals surface area contributed by atoms with E-state index in [1.54, 1.807) is 0 Å². The summed E-state index contributed by atoms with van der Waals surface area (Å²) in [5, 5.41) is 8.43. The van der Waals surface area contributed by atoms with Gasteiger partial charge in [0.05, 0.1) is 0 Å². The topological polar surface area (TPSA) is 194 Å². The van der Waals surface area contributed by atoms with E-state index in [2.05, 4.69) is 61.7 Å². The van der Waals surface area contributed by atoms with Crippen LogP contribution in [-0.4, -0.2) is 128 Å². The first-order valence-corrected chi connectivity index (χ1v) is 18.8. The van der Waals surface area contributed by atoms with Gasteiger partial charge in [-0.25, -0.2) is 0 Å². The van der Waals surface area contributed by atoms with Crippen LogP contribution in [0.4, 0.5) is 180 Å². The predicted molar refractivity (Wildman–Crippen MR) is 155 cm³/mol. The number of carbonyl (C=O) groups is 3. The fraction of sp³-hybridized carbons (Fsp3) is 0.700. The van der Waals surface area contributed by atoms with Gasteiger partial charge in [-0.3, -0.25) is 42.8 Å². The van der Waals surface area contributed by atoms with E-state index in [4.69, 9.17) is 10.1 Å². The molecule has 0 bridgehead atoms. The van der Waals surface area contributed by atoms with Gasteiger partial charge in [-0.05, 0) is 0 Å². The van der Waals surface area contributed by atoms with Crippen molar-refractivity contribution in [3.05, 3.63) is 36.1 Å². The molecule has 6 heterocycles. The molecule has 0 aromatic heterocycles. The van der Waals surface area contributed by atoms with Gasteiger partial charge >= 0.3 is 271 Å². The van der Waals surface area contributed by atoms with Crippen molar-refractivity contribution in [1.29, 1.82) is 0 Å². The molecule has 0 unspecified atom stereocenters. The van der Waals surface area contributed by atoms with Crippen molar-refractivity contribution in [3.8, 4) is 0 Å². The van der Waals surface area contributed by atoms with Gasteiger partial charge in [-0.2, -0.15) is 180 Å². The number of halogens is 41. The van der Waals surface area contributed by atoms with Crippen LogP contribution >= 0.6 is 0 Å². The van der Waals surface area contributed by atoms with E-state index in [-0.39, 0.29) is 111 Å². The minimum Gasteiger partial charge on any atom is -1.00 e. The quantitative estimate of drug-likeness (QED) is 0.0863. The normalized spacial score (nSPS) is 32.8. The van der Waals surface area contributed by atoms with E-state index >= 15 is 0 Å². The molecule has 6 rings (SSSR count). The Morgan fingerprint density at radius 2 is 0.533 bits per heavy atom. The summed E-state index contributed by atoms with van der Waals surface area (Å²) in [6.45, 7) is -0.181. The van der Waals surface area contributed by atoms with Crippen LogP contribution < -0.4 is 108 Å². The summed E-state index contributed by atoms with van der Waals surface area (Å²) < 4.78 is 575. The molecule has 0 aliphatic carbocycles. The van der Waals surface area contributed by atoms with Gasteiger partial charge < -0.3 is 40.0 Å². The number of alkyl halides is 33. The largest absolute Gasteiger partial charge is 1.00 e.